The summed E-state index contributed by atoms with van der Waals surface area (Å²) in [7, 11) is 0. The van der Waals surface area contributed by atoms with Crippen LogP contribution in [0.4, 0.5) is 0 Å². The minimum absolute atomic E-state index is 0.136. The Balaban J connectivity index is 1.34. The molecule has 9 heteroatoms. The number of carbonyl (C=O) groups excluding carboxylic acids is 1. The Morgan fingerprint density at radius 1 is 1.24 bits per heavy atom. The summed E-state index contributed by atoms with van der Waals surface area (Å²) in [6.45, 7) is 5.41. The molecule has 0 radical (unpaired) electrons. The number of halogens is 1. The Hall–Kier alpha value is -2.74. The maximum Gasteiger partial charge on any atom is 0.280 e. The molecule has 0 spiro atoms. The SMILES string of the molecule is CC(C)c1noc(-c2cn(C3CCN(C(=O)Cc4ccc(Cl)cc4)CC3)nn2)n1. The molecule has 1 aromatic carbocycles. The molecule has 3 aromatic rings. The van der Waals surface area contributed by atoms with Gasteiger partial charge in [0.1, 0.15) is 0 Å². The first-order valence-corrected chi connectivity index (χ1v) is 10.2. The van der Waals surface area contributed by atoms with E-state index >= 15 is 0 Å². The average molecular weight is 415 g/mol. The fourth-order valence-electron chi connectivity index (χ4n) is 3.40. The standard InChI is InChI=1S/C20H23ClN6O2/c1-13(2)19-22-20(29-24-19)17-12-27(25-23-17)16-7-9-26(10-8-16)18(28)11-14-3-5-15(21)6-4-14/h3-6,12-13,16H,7-11H2,1-2H3. The Bertz CT molecular complexity index is 973. The van der Waals surface area contributed by atoms with E-state index in [9.17, 15) is 4.79 Å². The van der Waals surface area contributed by atoms with Crippen molar-refractivity contribution in [3.63, 3.8) is 0 Å². The van der Waals surface area contributed by atoms with Crippen molar-refractivity contribution in [3.05, 3.63) is 46.9 Å². The van der Waals surface area contributed by atoms with Gasteiger partial charge in [-0.05, 0) is 30.5 Å². The minimum atomic E-state index is 0.136. The molecule has 152 valence electrons. The summed E-state index contributed by atoms with van der Waals surface area (Å²) in [5.41, 5.74) is 1.55. The van der Waals surface area contributed by atoms with E-state index in [4.69, 9.17) is 16.1 Å². The second-order valence-corrected chi connectivity index (χ2v) is 8.05. The summed E-state index contributed by atoms with van der Waals surface area (Å²) in [5, 5.41) is 13.1. The third-order valence-corrected chi connectivity index (χ3v) is 5.40. The summed E-state index contributed by atoms with van der Waals surface area (Å²) in [4.78, 5) is 18.8. The van der Waals surface area contributed by atoms with Crippen molar-refractivity contribution >= 4 is 17.5 Å². The van der Waals surface area contributed by atoms with Crippen LogP contribution in [-0.2, 0) is 11.2 Å². The van der Waals surface area contributed by atoms with Crippen molar-refractivity contribution in [2.24, 2.45) is 0 Å². The van der Waals surface area contributed by atoms with Crippen LogP contribution in [0.25, 0.3) is 11.6 Å². The van der Waals surface area contributed by atoms with Crippen molar-refractivity contribution in [1.29, 1.82) is 0 Å². The van der Waals surface area contributed by atoms with Crippen molar-refractivity contribution in [2.45, 2.75) is 45.1 Å². The van der Waals surface area contributed by atoms with Gasteiger partial charge in [0.2, 0.25) is 5.91 Å². The molecule has 0 unspecified atom stereocenters. The van der Waals surface area contributed by atoms with Gasteiger partial charge in [-0.25, -0.2) is 4.68 Å². The Kier molecular flexibility index (Phi) is 5.62. The van der Waals surface area contributed by atoms with Crippen LogP contribution in [-0.4, -0.2) is 49.0 Å². The topological polar surface area (TPSA) is 89.9 Å². The smallest absolute Gasteiger partial charge is 0.280 e. The molecule has 0 saturated carbocycles. The van der Waals surface area contributed by atoms with Crippen molar-refractivity contribution in [1.82, 2.24) is 30.0 Å². The lowest BCUT2D eigenvalue weighted by Gasteiger charge is -2.32. The lowest BCUT2D eigenvalue weighted by Crippen LogP contribution is -2.40. The van der Waals surface area contributed by atoms with Crippen molar-refractivity contribution < 1.29 is 9.32 Å². The van der Waals surface area contributed by atoms with Gasteiger partial charge >= 0.3 is 0 Å². The zero-order valence-electron chi connectivity index (χ0n) is 16.5. The number of aromatic nitrogens is 5. The molecule has 1 aliphatic rings. The predicted octanol–water partition coefficient (Wildman–Crippen LogP) is 3.51. The van der Waals surface area contributed by atoms with E-state index in [0.29, 0.717) is 41.9 Å². The van der Waals surface area contributed by atoms with Gasteiger partial charge in [0.05, 0.1) is 18.7 Å². The highest BCUT2D eigenvalue weighted by atomic mass is 35.5. The lowest BCUT2D eigenvalue weighted by atomic mass is 10.0. The highest BCUT2D eigenvalue weighted by Gasteiger charge is 2.25. The van der Waals surface area contributed by atoms with Gasteiger partial charge in [-0.15, -0.1) is 5.10 Å². The van der Waals surface area contributed by atoms with E-state index in [1.54, 1.807) is 0 Å². The Labute approximate surface area is 173 Å². The first-order valence-electron chi connectivity index (χ1n) is 9.77. The van der Waals surface area contributed by atoms with E-state index < -0.39 is 0 Å². The van der Waals surface area contributed by atoms with Gasteiger partial charge in [-0.1, -0.05) is 48.0 Å². The summed E-state index contributed by atoms with van der Waals surface area (Å²) < 4.78 is 7.13. The number of rotatable bonds is 5. The van der Waals surface area contributed by atoms with Crippen molar-refractivity contribution in [3.8, 4) is 11.6 Å². The summed E-state index contributed by atoms with van der Waals surface area (Å²) in [6, 6.07) is 7.61. The molecule has 1 aliphatic heterocycles. The second kappa shape index (κ2) is 8.32. The molecule has 0 bridgehead atoms. The number of carbonyl (C=O) groups is 1. The fourth-order valence-corrected chi connectivity index (χ4v) is 3.52. The molecular weight excluding hydrogens is 392 g/mol. The third-order valence-electron chi connectivity index (χ3n) is 5.15. The van der Waals surface area contributed by atoms with Crippen LogP contribution < -0.4 is 0 Å². The molecule has 0 atom stereocenters. The van der Waals surface area contributed by atoms with Gasteiger partial charge < -0.3 is 9.42 Å². The molecule has 8 nitrogen and oxygen atoms in total. The summed E-state index contributed by atoms with van der Waals surface area (Å²) in [5.74, 6) is 1.37. The van der Waals surface area contributed by atoms with Crippen LogP contribution in [0.1, 0.15) is 50.0 Å². The van der Waals surface area contributed by atoms with Gasteiger partial charge in [-0.2, -0.15) is 4.98 Å². The van der Waals surface area contributed by atoms with Crippen LogP contribution in [0.5, 0.6) is 0 Å². The predicted molar refractivity (Wildman–Crippen MR) is 107 cm³/mol. The lowest BCUT2D eigenvalue weighted by molar-refractivity contribution is -0.131. The van der Waals surface area contributed by atoms with Gasteiger partial charge in [0.15, 0.2) is 11.5 Å². The van der Waals surface area contributed by atoms with Crippen LogP contribution in [0.2, 0.25) is 5.02 Å². The number of hydrogen-bond acceptors (Lipinski definition) is 6. The number of likely N-dealkylation sites (tertiary alicyclic amines) is 1. The first kappa shape index (κ1) is 19.6. The average Bonchev–Trinajstić information content (AvgIpc) is 3.39. The number of amides is 1. The normalized spacial score (nSPS) is 15.2. The monoisotopic (exact) mass is 414 g/mol. The van der Waals surface area contributed by atoms with E-state index in [-0.39, 0.29) is 17.9 Å². The molecule has 0 N–H and O–H groups in total. The van der Waals surface area contributed by atoms with Crippen LogP contribution >= 0.6 is 11.6 Å². The highest BCUT2D eigenvalue weighted by Crippen LogP contribution is 2.25. The summed E-state index contributed by atoms with van der Waals surface area (Å²) in [6.07, 6.45) is 3.89. The van der Waals surface area contributed by atoms with E-state index in [0.717, 1.165) is 18.4 Å². The molecule has 4 rings (SSSR count). The molecule has 0 aliphatic carbocycles. The van der Waals surface area contributed by atoms with Gasteiger partial charge in [0.25, 0.3) is 5.89 Å². The molecule has 1 amide bonds. The quantitative estimate of drug-likeness (QED) is 0.634. The van der Waals surface area contributed by atoms with Crippen LogP contribution in [0, 0.1) is 0 Å². The molecule has 1 saturated heterocycles. The van der Waals surface area contributed by atoms with Crippen LogP contribution in [0.3, 0.4) is 0 Å². The third kappa shape index (κ3) is 4.48. The highest BCUT2D eigenvalue weighted by molar-refractivity contribution is 6.30. The maximum atomic E-state index is 12.6. The Morgan fingerprint density at radius 2 is 1.97 bits per heavy atom. The largest absolute Gasteiger partial charge is 0.342 e. The van der Waals surface area contributed by atoms with Crippen LogP contribution in [0.15, 0.2) is 35.0 Å². The van der Waals surface area contributed by atoms with Gasteiger partial charge in [-0.3, -0.25) is 4.79 Å². The fraction of sp³-hybridized carbons (Fsp3) is 0.450. The number of piperidine rings is 1. The summed E-state index contributed by atoms with van der Waals surface area (Å²) >= 11 is 5.90. The second-order valence-electron chi connectivity index (χ2n) is 7.61. The molecule has 3 heterocycles. The molecule has 2 aromatic heterocycles. The number of nitrogens with zero attached hydrogens (tertiary/aromatic N) is 6. The first-order chi connectivity index (χ1) is 14.0. The molecule has 29 heavy (non-hydrogen) atoms. The van der Waals surface area contributed by atoms with Gasteiger partial charge in [0, 0.05) is 24.0 Å². The number of benzene rings is 1. The van der Waals surface area contributed by atoms with Crippen molar-refractivity contribution in [2.75, 3.05) is 13.1 Å². The maximum absolute atomic E-state index is 12.6. The Morgan fingerprint density at radius 3 is 2.62 bits per heavy atom. The zero-order valence-corrected chi connectivity index (χ0v) is 17.2. The number of hydrogen-bond donors (Lipinski definition) is 0. The van der Waals surface area contributed by atoms with E-state index in [1.165, 1.54) is 0 Å². The van der Waals surface area contributed by atoms with E-state index in [2.05, 4.69) is 20.5 Å². The molecule has 1 fully saturated rings. The molecular formula is C20H23ClN6O2. The minimum Gasteiger partial charge on any atom is -0.342 e. The zero-order chi connectivity index (χ0) is 20.4. The van der Waals surface area contributed by atoms with E-state index in [1.807, 2.05) is 53.9 Å².